The van der Waals surface area contributed by atoms with Crippen LogP contribution in [0.4, 0.5) is 10.5 Å². The quantitative estimate of drug-likeness (QED) is 0.359. The smallest absolute Gasteiger partial charge is 0.338 e. The molecule has 0 aliphatic carbocycles. The van der Waals surface area contributed by atoms with Gasteiger partial charge in [-0.2, -0.15) is 0 Å². The summed E-state index contributed by atoms with van der Waals surface area (Å²) in [5.74, 6) is -1.45. The molecule has 194 valence electrons. The second-order valence-electron chi connectivity index (χ2n) is 8.32. The van der Waals surface area contributed by atoms with Crippen molar-refractivity contribution in [3.05, 3.63) is 64.9 Å². The number of nitrogens with one attached hydrogen (secondary N) is 2. The average molecular weight is 552 g/mol. The van der Waals surface area contributed by atoms with Crippen LogP contribution in [0.15, 0.2) is 54.3 Å². The van der Waals surface area contributed by atoms with Crippen LogP contribution in [0.2, 0.25) is 0 Å². The molecule has 0 bridgehead atoms. The highest BCUT2D eigenvalue weighted by Crippen LogP contribution is 2.35. The molecule has 3 amide bonds. The lowest BCUT2D eigenvalue weighted by Gasteiger charge is -2.19. The summed E-state index contributed by atoms with van der Waals surface area (Å²) in [4.78, 5) is 54.9. The lowest BCUT2D eigenvalue weighted by Crippen LogP contribution is -2.38. The number of ether oxygens (including phenoxy) is 1. The molecule has 38 heavy (non-hydrogen) atoms. The fraction of sp³-hybridized carbons (Fsp3) is 0.200. The first-order chi connectivity index (χ1) is 18.3. The molecule has 5 rings (SSSR count). The number of hydrogen-bond donors (Lipinski definition) is 3. The van der Waals surface area contributed by atoms with E-state index in [2.05, 4.69) is 10.3 Å². The predicted octanol–water partition coefficient (Wildman–Crippen LogP) is 3.03. The molecule has 3 N–H and O–H groups in total. The van der Waals surface area contributed by atoms with Crippen molar-refractivity contribution in [2.45, 2.75) is 0 Å². The molecule has 0 saturated carbocycles. The van der Waals surface area contributed by atoms with E-state index in [1.165, 1.54) is 23.5 Å². The predicted molar refractivity (Wildman–Crippen MR) is 144 cm³/mol. The second-order valence-corrected chi connectivity index (χ2v) is 10.3. The molecule has 2 aliphatic rings. The van der Waals surface area contributed by atoms with Crippen molar-refractivity contribution in [3.8, 4) is 0 Å². The van der Waals surface area contributed by atoms with Gasteiger partial charge in [0.2, 0.25) is 5.91 Å². The van der Waals surface area contributed by atoms with Crippen LogP contribution in [0.25, 0.3) is 15.8 Å². The lowest BCUT2D eigenvalue weighted by atomic mass is 10.2. The molecule has 1 fully saturated rings. The molecule has 11 nitrogen and oxygen atoms in total. The SMILES string of the molecule is N=C1C(c2nc3ccccc3s2)=C(O)CN1c1cccc(C(=O)OCC(=O)NCCN2C(=O)CSC2=O)c1. The maximum absolute atomic E-state index is 12.6. The van der Waals surface area contributed by atoms with Crippen molar-refractivity contribution < 1.29 is 29.0 Å². The summed E-state index contributed by atoms with van der Waals surface area (Å²) in [6.45, 7) is -0.391. The molecule has 2 aliphatic heterocycles. The second kappa shape index (κ2) is 10.6. The topological polar surface area (TPSA) is 153 Å². The minimum atomic E-state index is -0.738. The summed E-state index contributed by atoms with van der Waals surface area (Å²) in [6, 6.07) is 13.9. The number of carbonyl (C=O) groups is 4. The molecule has 3 heterocycles. The Morgan fingerprint density at radius 1 is 1.16 bits per heavy atom. The van der Waals surface area contributed by atoms with E-state index in [1.807, 2.05) is 24.3 Å². The Bertz CT molecular complexity index is 1470. The first-order valence-electron chi connectivity index (χ1n) is 11.5. The minimum Gasteiger partial charge on any atom is -0.510 e. The van der Waals surface area contributed by atoms with Crippen LogP contribution >= 0.6 is 23.1 Å². The fourth-order valence-corrected chi connectivity index (χ4v) is 5.76. The summed E-state index contributed by atoms with van der Waals surface area (Å²) in [6.07, 6.45) is 0. The molecular formula is C25H21N5O6S2. The van der Waals surface area contributed by atoms with E-state index in [0.29, 0.717) is 16.3 Å². The minimum absolute atomic E-state index is 0.00892. The number of aliphatic hydroxyl groups excluding tert-OH is 1. The Balaban J connectivity index is 1.18. The number of nitrogens with zero attached hydrogens (tertiary/aromatic N) is 3. The number of anilines is 1. The molecular weight excluding hydrogens is 530 g/mol. The number of esters is 1. The number of thioether (sulfide) groups is 1. The zero-order chi connectivity index (χ0) is 26.8. The fourth-order valence-electron chi connectivity index (χ4n) is 3.97. The number of carbonyl (C=O) groups excluding carboxylic acids is 4. The summed E-state index contributed by atoms with van der Waals surface area (Å²) < 4.78 is 6.05. The molecule has 0 spiro atoms. The van der Waals surface area contributed by atoms with E-state index in [1.54, 1.807) is 17.0 Å². The molecule has 1 saturated heterocycles. The van der Waals surface area contributed by atoms with Crippen LogP contribution in [0.3, 0.4) is 0 Å². The highest BCUT2D eigenvalue weighted by Gasteiger charge is 2.32. The van der Waals surface area contributed by atoms with Crippen LogP contribution in [-0.2, 0) is 14.3 Å². The zero-order valence-corrected chi connectivity index (χ0v) is 21.4. The van der Waals surface area contributed by atoms with Crippen molar-refractivity contribution in [1.82, 2.24) is 15.2 Å². The number of aliphatic hydroxyl groups is 1. The average Bonchev–Trinajstić information content (AvgIpc) is 3.57. The molecule has 0 radical (unpaired) electrons. The third-order valence-corrected chi connectivity index (χ3v) is 7.75. The van der Waals surface area contributed by atoms with Gasteiger partial charge in [0, 0.05) is 18.8 Å². The first-order valence-corrected chi connectivity index (χ1v) is 13.3. The number of amides is 3. The number of aromatic nitrogens is 1. The van der Waals surface area contributed by atoms with E-state index in [0.717, 1.165) is 26.9 Å². The number of imide groups is 1. The van der Waals surface area contributed by atoms with Crippen LogP contribution in [-0.4, -0.2) is 75.8 Å². The van der Waals surface area contributed by atoms with E-state index in [-0.39, 0.29) is 53.7 Å². The molecule has 3 aromatic rings. The Morgan fingerprint density at radius 2 is 1.97 bits per heavy atom. The molecule has 1 aromatic heterocycles. The third kappa shape index (κ3) is 5.10. The van der Waals surface area contributed by atoms with E-state index < -0.39 is 18.5 Å². The largest absolute Gasteiger partial charge is 0.510 e. The van der Waals surface area contributed by atoms with Crippen LogP contribution in [0.1, 0.15) is 15.4 Å². The Morgan fingerprint density at radius 3 is 2.74 bits per heavy atom. The maximum Gasteiger partial charge on any atom is 0.338 e. The van der Waals surface area contributed by atoms with Crippen molar-refractivity contribution in [3.63, 3.8) is 0 Å². The Hall–Kier alpha value is -4.23. The van der Waals surface area contributed by atoms with Gasteiger partial charge in [0.1, 0.15) is 16.6 Å². The van der Waals surface area contributed by atoms with Gasteiger partial charge >= 0.3 is 5.97 Å². The third-order valence-electron chi connectivity index (χ3n) is 5.84. The van der Waals surface area contributed by atoms with Gasteiger partial charge < -0.3 is 20.1 Å². The van der Waals surface area contributed by atoms with Crippen LogP contribution in [0, 0.1) is 5.41 Å². The zero-order valence-electron chi connectivity index (χ0n) is 19.8. The normalized spacial score (nSPS) is 15.6. The number of rotatable bonds is 8. The number of para-hydroxylation sites is 1. The number of amidine groups is 1. The van der Waals surface area contributed by atoms with Gasteiger partial charge in [-0.25, -0.2) is 9.78 Å². The Kier molecular flexibility index (Phi) is 7.11. The molecule has 13 heteroatoms. The monoisotopic (exact) mass is 551 g/mol. The number of benzene rings is 2. The van der Waals surface area contributed by atoms with Crippen molar-refractivity contribution in [2.75, 3.05) is 36.9 Å². The highest BCUT2D eigenvalue weighted by molar-refractivity contribution is 8.14. The van der Waals surface area contributed by atoms with Crippen molar-refractivity contribution in [1.29, 1.82) is 5.41 Å². The van der Waals surface area contributed by atoms with Gasteiger partial charge in [-0.05, 0) is 30.3 Å². The highest BCUT2D eigenvalue weighted by atomic mass is 32.2. The summed E-state index contributed by atoms with van der Waals surface area (Å²) in [7, 11) is 0. The molecule has 0 unspecified atom stereocenters. The standard InChI is InChI=1S/C25H21N5O6S2/c26-22-21(23-28-16-6-1-2-7-18(16)38-23)17(31)11-30(22)15-5-3-4-14(10-15)24(34)36-12-19(32)27-8-9-29-20(33)13-37-25(29)35/h1-7,10,26,31H,8-9,11-13H2,(H,27,32). The van der Waals surface area contributed by atoms with Gasteiger partial charge in [-0.1, -0.05) is 30.0 Å². The number of hydrogen-bond acceptors (Lipinski definition) is 10. The molecule has 2 aromatic carbocycles. The summed E-state index contributed by atoms with van der Waals surface area (Å²) >= 11 is 2.30. The van der Waals surface area contributed by atoms with Crippen LogP contribution < -0.4 is 10.2 Å². The first kappa shape index (κ1) is 25.4. The van der Waals surface area contributed by atoms with Crippen molar-refractivity contribution in [2.24, 2.45) is 0 Å². The van der Waals surface area contributed by atoms with Gasteiger partial charge in [0.05, 0.1) is 33.7 Å². The van der Waals surface area contributed by atoms with E-state index in [9.17, 15) is 24.3 Å². The van der Waals surface area contributed by atoms with Gasteiger partial charge in [0.25, 0.3) is 11.1 Å². The summed E-state index contributed by atoms with van der Waals surface area (Å²) in [5, 5.41) is 22.0. The Labute approximate surface area is 224 Å². The molecule has 0 atom stereocenters. The van der Waals surface area contributed by atoms with Gasteiger partial charge in [-0.3, -0.25) is 24.7 Å². The lowest BCUT2D eigenvalue weighted by molar-refractivity contribution is -0.126. The van der Waals surface area contributed by atoms with Gasteiger partial charge in [0.15, 0.2) is 6.61 Å². The van der Waals surface area contributed by atoms with E-state index >= 15 is 0 Å². The summed E-state index contributed by atoms with van der Waals surface area (Å²) in [5.41, 5.74) is 1.78. The number of thiazole rings is 1. The number of fused-ring (bicyclic) bond motifs is 1. The van der Waals surface area contributed by atoms with Gasteiger partial charge in [-0.15, -0.1) is 11.3 Å². The van der Waals surface area contributed by atoms with Crippen molar-refractivity contribution >= 4 is 73.4 Å². The van der Waals surface area contributed by atoms with E-state index in [4.69, 9.17) is 10.1 Å². The van der Waals surface area contributed by atoms with Crippen LogP contribution in [0.5, 0.6) is 0 Å². The maximum atomic E-state index is 12.6.